The predicted molar refractivity (Wildman–Crippen MR) is 81.2 cm³/mol. The molecule has 0 bridgehead atoms. The molecular weight excluding hydrogens is 265 g/mol. The van der Waals surface area contributed by atoms with Crippen LogP contribution in [-0.2, 0) is 13.0 Å². The molecule has 0 radical (unpaired) electrons. The summed E-state index contributed by atoms with van der Waals surface area (Å²) < 4.78 is 13.6. The minimum atomic E-state index is -0.174. The monoisotopic (exact) mass is 283 g/mol. The Hall–Kier alpha value is -1.94. The van der Waals surface area contributed by atoms with Crippen LogP contribution in [0.1, 0.15) is 24.0 Å². The third-order valence-electron chi connectivity index (χ3n) is 4.27. The molecule has 2 aromatic rings. The highest BCUT2D eigenvalue weighted by Gasteiger charge is 2.24. The maximum Gasteiger partial charge on any atom is 0.125 e. The molecule has 1 aliphatic carbocycles. The van der Waals surface area contributed by atoms with Crippen molar-refractivity contribution in [2.24, 2.45) is 0 Å². The van der Waals surface area contributed by atoms with Crippen molar-refractivity contribution < 1.29 is 4.39 Å². The van der Waals surface area contributed by atoms with Crippen molar-refractivity contribution in [2.45, 2.75) is 31.8 Å². The number of fused-ring (bicyclic) bond motifs is 1. The second-order valence-corrected chi connectivity index (χ2v) is 5.83. The van der Waals surface area contributed by atoms with Crippen LogP contribution in [0.15, 0.2) is 36.7 Å². The molecule has 1 saturated carbocycles. The number of aromatic nitrogens is 1. The highest BCUT2D eigenvalue weighted by molar-refractivity contribution is 5.71. The standard InChI is InChI=1S/C17H18FN3/c18-14-2-1-12-6-8-21(17(12)9-14)16-5-7-19-10-13(16)11-20-15-3-4-15/h1-2,5,7,9-10,15,20H,3-4,6,8,11H2. The van der Waals surface area contributed by atoms with E-state index in [0.29, 0.717) is 6.04 Å². The SMILES string of the molecule is Fc1ccc2c(c1)N(c1ccncc1CNC1CC1)CC2. The first-order chi connectivity index (χ1) is 10.3. The molecule has 0 spiro atoms. The second-order valence-electron chi connectivity index (χ2n) is 5.83. The Labute approximate surface area is 123 Å². The van der Waals surface area contributed by atoms with E-state index >= 15 is 0 Å². The molecule has 0 saturated heterocycles. The normalized spacial score (nSPS) is 17.1. The van der Waals surface area contributed by atoms with E-state index in [1.54, 1.807) is 12.1 Å². The molecule has 1 fully saturated rings. The summed E-state index contributed by atoms with van der Waals surface area (Å²) in [5, 5.41) is 3.53. The molecule has 4 rings (SSSR count). The van der Waals surface area contributed by atoms with Crippen LogP contribution in [0.25, 0.3) is 0 Å². The highest BCUT2D eigenvalue weighted by Crippen LogP contribution is 2.36. The molecule has 1 aromatic heterocycles. The predicted octanol–water partition coefficient (Wildman–Crippen LogP) is 3.17. The van der Waals surface area contributed by atoms with Gasteiger partial charge >= 0.3 is 0 Å². The lowest BCUT2D eigenvalue weighted by Gasteiger charge is -2.22. The average molecular weight is 283 g/mol. The minimum Gasteiger partial charge on any atom is -0.340 e. The van der Waals surface area contributed by atoms with Crippen molar-refractivity contribution in [1.29, 1.82) is 0 Å². The van der Waals surface area contributed by atoms with Crippen LogP contribution < -0.4 is 10.2 Å². The lowest BCUT2D eigenvalue weighted by atomic mass is 10.1. The number of pyridine rings is 1. The molecule has 2 aliphatic rings. The first-order valence-electron chi connectivity index (χ1n) is 7.53. The largest absolute Gasteiger partial charge is 0.340 e. The van der Waals surface area contributed by atoms with Gasteiger partial charge in [-0.3, -0.25) is 4.98 Å². The van der Waals surface area contributed by atoms with E-state index in [1.807, 2.05) is 24.5 Å². The lowest BCUT2D eigenvalue weighted by molar-refractivity contribution is 0.628. The Kier molecular flexibility index (Phi) is 3.11. The van der Waals surface area contributed by atoms with Gasteiger partial charge in [-0.25, -0.2) is 4.39 Å². The summed E-state index contributed by atoms with van der Waals surface area (Å²) >= 11 is 0. The van der Waals surface area contributed by atoms with E-state index in [0.717, 1.165) is 30.9 Å². The third kappa shape index (κ3) is 2.51. The van der Waals surface area contributed by atoms with Gasteiger partial charge < -0.3 is 10.2 Å². The molecule has 0 atom stereocenters. The van der Waals surface area contributed by atoms with Gasteiger partial charge in [0.15, 0.2) is 0 Å². The smallest absolute Gasteiger partial charge is 0.125 e. The molecule has 21 heavy (non-hydrogen) atoms. The maximum atomic E-state index is 13.6. The van der Waals surface area contributed by atoms with Crippen LogP contribution in [0, 0.1) is 5.82 Å². The van der Waals surface area contributed by atoms with Gasteiger partial charge in [0, 0.05) is 48.5 Å². The van der Waals surface area contributed by atoms with Gasteiger partial charge in [-0.1, -0.05) is 6.07 Å². The summed E-state index contributed by atoms with van der Waals surface area (Å²) in [7, 11) is 0. The van der Waals surface area contributed by atoms with E-state index < -0.39 is 0 Å². The minimum absolute atomic E-state index is 0.174. The fourth-order valence-corrected chi connectivity index (χ4v) is 2.96. The van der Waals surface area contributed by atoms with Gasteiger partial charge in [-0.05, 0) is 43.0 Å². The van der Waals surface area contributed by atoms with Crippen LogP contribution in [0.4, 0.5) is 15.8 Å². The summed E-state index contributed by atoms with van der Waals surface area (Å²) in [6.45, 7) is 1.73. The van der Waals surface area contributed by atoms with Crippen molar-refractivity contribution >= 4 is 11.4 Å². The van der Waals surface area contributed by atoms with Crippen molar-refractivity contribution in [2.75, 3.05) is 11.4 Å². The van der Waals surface area contributed by atoms with Gasteiger partial charge in [-0.2, -0.15) is 0 Å². The van der Waals surface area contributed by atoms with Gasteiger partial charge in [0.1, 0.15) is 5.82 Å². The number of halogens is 1. The summed E-state index contributed by atoms with van der Waals surface area (Å²) in [5.74, 6) is -0.174. The van der Waals surface area contributed by atoms with Gasteiger partial charge in [-0.15, -0.1) is 0 Å². The fourth-order valence-electron chi connectivity index (χ4n) is 2.96. The number of hydrogen-bond acceptors (Lipinski definition) is 3. The first-order valence-corrected chi connectivity index (χ1v) is 7.53. The van der Waals surface area contributed by atoms with E-state index in [1.165, 1.54) is 24.0 Å². The van der Waals surface area contributed by atoms with Crippen LogP contribution in [0.5, 0.6) is 0 Å². The van der Waals surface area contributed by atoms with Crippen LogP contribution in [0.2, 0.25) is 0 Å². The Morgan fingerprint density at radius 3 is 3.00 bits per heavy atom. The number of hydrogen-bond donors (Lipinski definition) is 1. The zero-order chi connectivity index (χ0) is 14.2. The van der Waals surface area contributed by atoms with E-state index in [2.05, 4.69) is 15.2 Å². The maximum absolute atomic E-state index is 13.6. The molecule has 108 valence electrons. The number of nitrogens with zero attached hydrogens (tertiary/aromatic N) is 2. The summed E-state index contributed by atoms with van der Waals surface area (Å²) in [6.07, 6.45) is 7.24. The summed E-state index contributed by atoms with van der Waals surface area (Å²) in [6, 6.07) is 7.78. The Morgan fingerprint density at radius 2 is 2.14 bits per heavy atom. The highest BCUT2D eigenvalue weighted by atomic mass is 19.1. The number of anilines is 2. The quantitative estimate of drug-likeness (QED) is 0.934. The van der Waals surface area contributed by atoms with Gasteiger partial charge in [0.25, 0.3) is 0 Å². The topological polar surface area (TPSA) is 28.2 Å². The molecule has 1 aliphatic heterocycles. The average Bonchev–Trinajstić information content (AvgIpc) is 3.24. The van der Waals surface area contributed by atoms with Crippen molar-refractivity contribution in [3.05, 3.63) is 53.6 Å². The molecule has 1 N–H and O–H groups in total. The molecular formula is C17H18FN3. The van der Waals surface area contributed by atoms with Gasteiger partial charge in [0.05, 0.1) is 0 Å². The lowest BCUT2D eigenvalue weighted by Crippen LogP contribution is -2.20. The molecule has 0 unspecified atom stereocenters. The van der Waals surface area contributed by atoms with E-state index in [9.17, 15) is 4.39 Å². The number of benzene rings is 1. The zero-order valence-electron chi connectivity index (χ0n) is 11.8. The van der Waals surface area contributed by atoms with Crippen molar-refractivity contribution in [3.8, 4) is 0 Å². The molecule has 4 heteroatoms. The summed E-state index contributed by atoms with van der Waals surface area (Å²) in [4.78, 5) is 6.46. The van der Waals surface area contributed by atoms with E-state index in [-0.39, 0.29) is 5.82 Å². The molecule has 1 aromatic carbocycles. The fraction of sp³-hybridized carbons (Fsp3) is 0.353. The number of rotatable bonds is 4. The third-order valence-corrected chi connectivity index (χ3v) is 4.27. The Balaban J connectivity index is 1.66. The number of nitrogens with one attached hydrogen (secondary N) is 1. The first kappa shape index (κ1) is 12.8. The summed E-state index contributed by atoms with van der Waals surface area (Å²) in [5.41, 5.74) is 4.53. The van der Waals surface area contributed by atoms with Crippen LogP contribution in [0.3, 0.4) is 0 Å². The molecule has 0 amide bonds. The zero-order valence-corrected chi connectivity index (χ0v) is 11.8. The molecule has 2 heterocycles. The second kappa shape index (κ2) is 5.11. The van der Waals surface area contributed by atoms with Crippen molar-refractivity contribution in [3.63, 3.8) is 0 Å². The van der Waals surface area contributed by atoms with E-state index in [4.69, 9.17) is 0 Å². The van der Waals surface area contributed by atoms with Gasteiger partial charge in [0.2, 0.25) is 0 Å². The van der Waals surface area contributed by atoms with Crippen molar-refractivity contribution in [1.82, 2.24) is 10.3 Å². The van der Waals surface area contributed by atoms with Crippen LogP contribution in [-0.4, -0.2) is 17.6 Å². The molecule has 3 nitrogen and oxygen atoms in total. The Bertz CT molecular complexity index is 667. The van der Waals surface area contributed by atoms with Crippen LogP contribution >= 0.6 is 0 Å². The Morgan fingerprint density at radius 1 is 1.24 bits per heavy atom.